The molecule has 0 spiro atoms. The molecule has 2 aromatic carbocycles. The minimum atomic E-state index is -3.49. The van der Waals surface area contributed by atoms with E-state index < -0.39 is 10.0 Å². The van der Waals surface area contributed by atoms with Crippen molar-refractivity contribution in [3.8, 4) is 5.75 Å². The number of sulfonamides is 1. The van der Waals surface area contributed by atoms with E-state index in [1.54, 1.807) is 28.6 Å². The van der Waals surface area contributed by atoms with E-state index >= 15 is 0 Å². The van der Waals surface area contributed by atoms with Crippen LogP contribution in [0.2, 0.25) is 0 Å². The van der Waals surface area contributed by atoms with Crippen molar-refractivity contribution in [2.75, 3.05) is 32.8 Å². The van der Waals surface area contributed by atoms with Gasteiger partial charge < -0.3 is 9.30 Å². The lowest BCUT2D eigenvalue weighted by Gasteiger charge is -2.33. The summed E-state index contributed by atoms with van der Waals surface area (Å²) in [7, 11) is -1.46. The molecule has 0 saturated carbocycles. The summed E-state index contributed by atoms with van der Waals surface area (Å²) in [6.07, 6.45) is 0. The molecule has 29 heavy (non-hydrogen) atoms. The highest BCUT2D eigenvalue weighted by atomic mass is 32.2. The van der Waals surface area contributed by atoms with Gasteiger partial charge in [0.15, 0.2) is 0 Å². The minimum Gasteiger partial charge on any atom is -0.494 e. The van der Waals surface area contributed by atoms with Gasteiger partial charge >= 0.3 is 0 Å². The quantitative estimate of drug-likeness (QED) is 0.620. The second-order valence-corrected chi connectivity index (χ2v) is 9.10. The Morgan fingerprint density at radius 1 is 1.00 bits per heavy atom. The number of aryl methyl sites for hydroxylation is 1. The molecule has 0 unspecified atom stereocenters. The highest BCUT2D eigenvalue weighted by molar-refractivity contribution is 7.89. The predicted octanol–water partition coefficient (Wildman–Crippen LogP) is 2.48. The van der Waals surface area contributed by atoms with Gasteiger partial charge in [-0.05, 0) is 43.3 Å². The van der Waals surface area contributed by atoms with Gasteiger partial charge in [0.05, 0.1) is 29.1 Å². The van der Waals surface area contributed by atoms with E-state index in [1.165, 1.54) is 0 Å². The Kier molecular flexibility index (Phi) is 5.58. The van der Waals surface area contributed by atoms with Crippen molar-refractivity contribution in [2.24, 2.45) is 7.05 Å². The topological polar surface area (TPSA) is 67.7 Å². The summed E-state index contributed by atoms with van der Waals surface area (Å²) in [5, 5.41) is 0. The normalized spacial score (nSPS) is 16.3. The largest absolute Gasteiger partial charge is 0.494 e. The van der Waals surface area contributed by atoms with Crippen molar-refractivity contribution in [3.05, 3.63) is 54.4 Å². The fourth-order valence-corrected chi connectivity index (χ4v) is 5.11. The van der Waals surface area contributed by atoms with Gasteiger partial charge in [-0.15, -0.1) is 0 Å². The monoisotopic (exact) mass is 414 g/mol. The number of aromatic nitrogens is 2. The Balaban J connectivity index is 1.41. The molecule has 3 aromatic rings. The van der Waals surface area contributed by atoms with Crippen LogP contribution in [0.4, 0.5) is 0 Å². The van der Waals surface area contributed by atoms with Crippen LogP contribution < -0.4 is 4.74 Å². The van der Waals surface area contributed by atoms with E-state index in [0.29, 0.717) is 50.0 Å². The summed E-state index contributed by atoms with van der Waals surface area (Å²) in [5.74, 6) is 1.67. The Labute approximate surface area is 171 Å². The first-order valence-corrected chi connectivity index (χ1v) is 11.3. The van der Waals surface area contributed by atoms with Crippen LogP contribution in [-0.4, -0.2) is 60.0 Å². The fourth-order valence-electron chi connectivity index (χ4n) is 3.69. The SMILES string of the molecule is CCOc1ccc(S(=O)(=O)N2CCN(Cc3nc4ccccc4n3C)CC2)cc1. The first-order chi connectivity index (χ1) is 14.0. The molecule has 0 bridgehead atoms. The number of para-hydroxylation sites is 2. The van der Waals surface area contributed by atoms with Crippen LogP contribution in [0.15, 0.2) is 53.4 Å². The number of hydrogen-bond donors (Lipinski definition) is 0. The van der Waals surface area contributed by atoms with E-state index in [4.69, 9.17) is 9.72 Å². The molecule has 154 valence electrons. The Morgan fingerprint density at radius 3 is 2.34 bits per heavy atom. The van der Waals surface area contributed by atoms with Crippen LogP contribution >= 0.6 is 0 Å². The zero-order chi connectivity index (χ0) is 20.4. The molecular formula is C21H26N4O3S. The number of nitrogens with zero attached hydrogens (tertiary/aromatic N) is 4. The first-order valence-electron chi connectivity index (χ1n) is 9.84. The van der Waals surface area contributed by atoms with Crippen molar-refractivity contribution in [1.29, 1.82) is 0 Å². The molecule has 8 heteroatoms. The van der Waals surface area contributed by atoms with E-state index in [9.17, 15) is 8.42 Å². The maximum absolute atomic E-state index is 12.9. The third kappa shape index (κ3) is 4.01. The molecule has 0 atom stereocenters. The van der Waals surface area contributed by atoms with Gasteiger partial charge in [0.1, 0.15) is 11.6 Å². The van der Waals surface area contributed by atoms with Gasteiger partial charge in [-0.2, -0.15) is 4.31 Å². The van der Waals surface area contributed by atoms with Gasteiger partial charge in [0, 0.05) is 33.2 Å². The fraction of sp³-hybridized carbons (Fsp3) is 0.381. The number of ether oxygens (including phenoxy) is 1. The van der Waals surface area contributed by atoms with E-state index in [1.807, 2.05) is 32.2 Å². The molecule has 1 aliphatic heterocycles. The van der Waals surface area contributed by atoms with Gasteiger partial charge in [-0.1, -0.05) is 12.1 Å². The molecule has 0 amide bonds. The molecule has 4 rings (SSSR count). The smallest absolute Gasteiger partial charge is 0.243 e. The summed E-state index contributed by atoms with van der Waals surface area (Å²) in [6.45, 7) is 5.47. The Morgan fingerprint density at radius 2 is 1.69 bits per heavy atom. The van der Waals surface area contributed by atoms with E-state index in [-0.39, 0.29) is 0 Å². The molecule has 1 aromatic heterocycles. The second kappa shape index (κ2) is 8.14. The highest BCUT2D eigenvalue weighted by Crippen LogP contribution is 2.22. The average molecular weight is 415 g/mol. The van der Waals surface area contributed by atoms with Gasteiger partial charge in [0.25, 0.3) is 0 Å². The second-order valence-electron chi connectivity index (χ2n) is 7.16. The molecule has 0 N–H and O–H groups in total. The van der Waals surface area contributed by atoms with Gasteiger partial charge in [-0.3, -0.25) is 4.90 Å². The number of fused-ring (bicyclic) bond motifs is 1. The minimum absolute atomic E-state index is 0.310. The summed E-state index contributed by atoms with van der Waals surface area (Å²) < 4.78 is 35.0. The van der Waals surface area contributed by atoms with Gasteiger partial charge in [0.2, 0.25) is 10.0 Å². The van der Waals surface area contributed by atoms with Crippen LogP contribution in [0.3, 0.4) is 0 Å². The number of rotatable bonds is 6. The number of hydrogen-bond acceptors (Lipinski definition) is 5. The maximum atomic E-state index is 12.9. The summed E-state index contributed by atoms with van der Waals surface area (Å²) in [6, 6.07) is 14.7. The van der Waals surface area contributed by atoms with Crippen LogP contribution in [-0.2, 0) is 23.6 Å². The van der Waals surface area contributed by atoms with Crippen molar-refractivity contribution in [2.45, 2.75) is 18.4 Å². The van der Waals surface area contributed by atoms with Crippen molar-refractivity contribution < 1.29 is 13.2 Å². The third-order valence-electron chi connectivity index (χ3n) is 5.35. The van der Waals surface area contributed by atoms with E-state index in [0.717, 1.165) is 16.9 Å². The van der Waals surface area contributed by atoms with E-state index in [2.05, 4.69) is 15.5 Å². The zero-order valence-corrected chi connectivity index (χ0v) is 17.6. The van der Waals surface area contributed by atoms with Crippen molar-refractivity contribution >= 4 is 21.1 Å². The van der Waals surface area contributed by atoms with Crippen molar-refractivity contribution in [1.82, 2.24) is 18.8 Å². The van der Waals surface area contributed by atoms with Crippen LogP contribution in [0.25, 0.3) is 11.0 Å². The summed E-state index contributed by atoms with van der Waals surface area (Å²) >= 11 is 0. The summed E-state index contributed by atoms with van der Waals surface area (Å²) in [4.78, 5) is 7.29. The molecule has 2 heterocycles. The van der Waals surface area contributed by atoms with Gasteiger partial charge in [-0.25, -0.2) is 13.4 Å². The molecular weight excluding hydrogens is 388 g/mol. The highest BCUT2D eigenvalue weighted by Gasteiger charge is 2.29. The molecule has 1 saturated heterocycles. The lowest BCUT2D eigenvalue weighted by atomic mass is 10.3. The van der Waals surface area contributed by atoms with Crippen LogP contribution in [0.1, 0.15) is 12.7 Å². The first kappa shape index (κ1) is 19.9. The molecule has 0 radical (unpaired) electrons. The number of benzene rings is 2. The molecule has 1 fully saturated rings. The maximum Gasteiger partial charge on any atom is 0.243 e. The lowest BCUT2D eigenvalue weighted by molar-refractivity contribution is 0.177. The third-order valence-corrected chi connectivity index (χ3v) is 7.26. The summed E-state index contributed by atoms with van der Waals surface area (Å²) in [5.41, 5.74) is 2.10. The van der Waals surface area contributed by atoms with Crippen LogP contribution in [0, 0.1) is 0 Å². The molecule has 1 aliphatic rings. The molecule has 0 aliphatic carbocycles. The van der Waals surface area contributed by atoms with Crippen molar-refractivity contribution in [3.63, 3.8) is 0 Å². The Hall–Kier alpha value is -2.42. The number of imidazole rings is 1. The molecule has 7 nitrogen and oxygen atoms in total. The lowest BCUT2D eigenvalue weighted by Crippen LogP contribution is -2.48. The average Bonchev–Trinajstić information content (AvgIpc) is 3.05. The van der Waals surface area contributed by atoms with Crippen LogP contribution in [0.5, 0.6) is 5.75 Å². The number of piperazine rings is 1. The zero-order valence-electron chi connectivity index (χ0n) is 16.8. The standard InChI is InChI=1S/C21H26N4O3S/c1-3-28-17-8-10-18(11-9-17)29(26,27)25-14-12-24(13-15-25)16-21-22-19-6-4-5-7-20(19)23(21)2/h4-11H,3,12-16H2,1-2H3. The predicted molar refractivity (Wildman–Crippen MR) is 112 cm³/mol. The Bertz CT molecular complexity index is 1080.